The zero-order valence-electron chi connectivity index (χ0n) is 14.8. The monoisotopic (exact) mass is 329 g/mol. The van der Waals surface area contributed by atoms with Gasteiger partial charge in [-0.05, 0) is 42.8 Å². The molecule has 0 bridgehead atoms. The van der Waals surface area contributed by atoms with Crippen LogP contribution in [0.5, 0.6) is 5.75 Å². The molecule has 1 heterocycles. The van der Waals surface area contributed by atoms with E-state index in [0.717, 1.165) is 12.1 Å². The summed E-state index contributed by atoms with van der Waals surface area (Å²) < 4.78 is 66.0. The number of ether oxygens (including phenoxy) is 1. The molecule has 1 aromatic heterocycles. The number of rotatable bonds is 3. The molecule has 2 rings (SSSR count). The molecule has 2 aromatic rings. The summed E-state index contributed by atoms with van der Waals surface area (Å²) in [6.45, 7) is 1.37. The Labute approximate surface area is 133 Å². The molecule has 2 N–H and O–H groups in total. The molecule has 0 aliphatic rings. The number of primary amides is 1. The summed E-state index contributed by atoms with van der Waals surface area (Å²) in [5, 5.41) is 0. The van der Waals surface area contributed by atoms with Crippen LogP contribution in [-0.4, -0.2) is 17.5 Å². The van der Waals surface area contributed by atoms with E-state index in [2.05, 4.69) is 4.74 Å². The lowest BCUT2D eigenvalue weighted by atomic mass is 10.1. The number of nitrogens with two attached hydrogens (primary N) is 1. The van der Waals surface area contributed by atoms with E-state index in [1.165, 1.54) is 13.0 Å². The lowest BCUT2D eigenvalue weighted by molar-refractivity contribution is -0.142. The van der Waals surface area contributed by atoms with Gasteiger partial charge in [0.25, 0.3) is 11.5 Å². The summed E-state index contributed by atoms with van der Waals surface area (Å²) in [6.07, 6.45) is -4.88. The first-order valence-electron chi connectivity index (χ1n) is 7.74. The summed E-state index contributed by atoms with van der Waals surface area (Å²) in [5.41, 5.74) is 1.82. The predicted molar refractivity (Wildman–Crippen MR) is 76.8 cm³/mol. The topological polar surface area (TPSA) is 74.3 Å². The number of amides is 1. The van der Waals surface area contributed by atoms with Crippen molar-refractivity contribution in [3.63, 3.8) is 0 Å². The first-order chi connectivity index (χ1) is 11.8. The van der Waals surface area contributed by atoms with Crippen molar-refractivity contribution >= 4 is 5.91 Å². The van der Waals surface area contributed by atoms with Crippen LogP contribution in [0, 0.1) is 6.92 Å². The molecular weight excluding hydrogens is 313 g/mol. The van der Waals surface area contributed by atoms with E-state index in [9.17, 15) is 22.8 Å². The predicted octanol–water partition coefficient (Wildman–Crippen LogP) is 2.27. The molecule has 1 aromatic carbocycles. The fraction of sp³-hybridized carbons (Fsp3) is 0.200. The number of methoxy groups -OCH3 is 1. The molecule has 0 aliphatic heterocycles. The molecular formula is C15H13F3N2O3. The molecule has 0 spiro atoms. The number of nitrogens with zero attached hydrogens (tertiary/aromatic N) is 1. The van der Waals surface area contributed by atoms with Gasteiger partial charge >= 0.3 is 6.18 Å². The number of benzene rings is 1. The molecule has 0 atom stereocenters. The number of pyridine rings is 1. The van der Waals surface area contributed by atoms with E-state index < -0.39 is 35.9 Å². The molecule has 23 heavy (non-hydrogen) atoms. The molecule has 0 radical (unpaired) electrons. The Morgan fingerprint density at radius 2 is 2.00 bits per heavy atom. The third-order valence-electron chi connectivity index (χ3n) is 3.17. The minimum Gasteiger partial charge on any atom is -0.497 e. The minimum absolute atomic E-state index is 0.112. The van der Waals surface area contributed by atoms with Crippen LogP contribution in [0.3, 0.4) is 0 Å². The highest BCUT2D eigenvalue weighted by Crippen LogP contribution is 2.31. The van der Waals surface area contributed by atoms with Gasteiger partial charge in [0.15, 0.2) is 0 Å². The van der Waals surface area contributed by atoms with Gasteiger partial charge in [0.1, 0.15) is 17.0 Å². The van der Waals surface area contributed by atoms with E-state index >= 15 is 0 Å². The number of aromatic nitrogens is 1. The molecule has 0 saturated carbocycles. The van der Waals surface area contributed by atoms with Gasteiger partial charge < -0.3 is 10.5 Å². The Bertz CT molecular complexity index is 921. The number of aryl methyl sites for hydroxylation is 1. The quantitative estimate of drug-likeness (QED) is 0.939. The van der Waals surface area contributed by atoms with E-state index in [0.29, 0.717) is 16.7 Å². The second-order valence-electron chi connectivity index (χ2n) is 4.69. The Morgan fingerprint density at radius 3 is 2.52 bits per heavy atom. The van der Waals surface area contributed by atoms with Crippen LogP contribution in [0.1, 0.15) is 25.7 Å². The Balaban J connectivity index is 2.73. The lowest BCUT2D eigenvalue weighted by Crippen LogP contribution is -2.33. The highest BCUT2D eigenvalue weighted by Gasteiger charge is 2.36. The van der Waals surface area contributed by atoms with E-state index in [4.69, 9.17) is 9.85 Å². The van der Waals surface area contributed by atoms with Crippen molar-refractivity contribution in [1.82, 2.24) is 4.57 Å². The summed E-state index contributed by atoms with van der Waals surface area (Å²) in [4.78, 5) is 23.7. The summed E-state index contributed by atoms with van der Waals surface area (Å²) in [7, 11) is -2.74. The number of hydrogen-bond donors (Lipinski definition) is 1. The number of carbonyl (C=O) groups excluding carboxylic acids is 1. The molecule has 0 fully saturated rings. The SMILES string of the molecule is [2H]C([2H])([2H])Oc1ccc(-n2c(C(F)(F)F)ccc(C(N)=O)c2=O)c(C)c1. The molecule has 5 nitrogen and oxygen atoms in total. The van der Waals surface area contributed by atoms with Gasteiger partial charge in [-0.3, -0.25) is 14.2 Å². The van der Waals surface area contributed by atoms with E-state index in [1.807, 2.05) is 0 Å². The lowest BCUT2D eigenvalue weighted by Gasteiger charge is -2.18. The van der Waals surface area contributed by atoms with E-state index in [-0.39, 0.29) is 17.0 Å². The van der Waals surface area contributed by atoms with Crippen molar-refractivity contribution in [1.29, 1.82) is 0 Å². The summed E-state index contributed by atoms with van der Waals surface area (Å²) >= 11 is 0. The fourth-order valence-corrected chi connectivity index (χ4v) is 2.13. The Hall–Kier alpha value is -2.77. The minimum atomic E-state index is -4.88. The van der Waals surface area contributed by atoms with Crippen molar-refractivity contribution in [3.8, 4) is 11.4 Å². The number of halogens is 3. The average Bonchev–Trinajstić information content (AvgIpc) is 2.44. The van der Waals surface area contributed by atoms with Crippen molar-refractivity contribution in [2.24, 2.45) is 5.73 Å². The maximum atomic E-state index is 13.3. The Morgan fingerprint density at radius 1 is 1.30 bits per heavy atom. The normalized spacial score (nSPS) is 13.8. The number of hydrogen-bond acceptors (Lipinski definition) is 3. The molecule has 0 aliphatic carbocycles. The van der Waals surface area contributed by atoms with Crippen LogP contribution >= 0.6 is 0 Å². The fourth-order valence-electron chi connectivity index (χ4n) is 2.13. The van der Waals surface area contributed by atoms with Gasteiger partial charge in [-0.1, -0.05) is 0 Å². The largest absolute Gasteiger partial charge is 0.497 e. The smallest absolute Gasteiger partial charge is 0.431 e. The third kappa shape index (κ3) is 3.05. The van der Waals surface area contributed by atoms with Gasteiger partial charge in [-0.25, -0.2) is 0 Å². The standard InChI is InChI=1S/C15H13F3N2O3/c1-8-7-9(23-2)3-5-11(8)20-12(15(16,17)18)6-4-10(13(19)21)14(20)22/h3-7H,1-2H3,(H2,19,21)/i2D3. The van der Waals surface area contributed by atoms with Crippen molar-refractivity contribution < 1.29 is 26.8 Å². The summed E-state index contributed by atoms with van der Waals surface area (Å²) in [6, 6.07) is 4.67. The maximum Gasteiger partial charge on any atom is 0.431 e. The van der Waals surface area contributed by atoms with Crippen LogP contribution in [0.4, 0.5) is 13.2 Å². The van der Waals surface area contributed by atoms with Crippen LogP contribution in [0.15, 0.2) is 35.1 Å². The maximum absolute atomic E-state index is 13.3. The van der Waals surface area contributed by atoms with Gasteiger partial charge in [0.05, 0.1) is 16.8 Å². The van der Waals surface area contributed by atoms with Crippen LogP contribution in [0.25, 0.3) is 5.69 Å². The third-order valence-corrected chi connectivity index (χ3v) is 3.17. The number of alkyl halides is 3. The second-order valence-corrected chi connectivity index (χ2v) is 4.69. The number of carbonyl (C=O) groups is 1. The second kappa shape index (κ2) is 5.79. The average molecular weight is 329 g/mol. The molecule has 8 heteroatoms. The molecule has 122 valence electrons. The zero-order chi connectivity index (χ0) is 19.9. The van der Waals surface area contributed by atoms with Gasteiger partial charge in [0.2, 0.25) is 0 Å². The highest BCUT2D eigenvalue weighted by molar-refractivity contribution is 5.92. The first kappa shape index (κ1) is 12.7. The van der Waals surface area contributed by atoms with Gasteiger partial charge in [-0.2, -0.15) is 13.2 Å². The van der Waals surface area contributed by atoms with Crippen molar-refractivity contribution in [2.75, 3.05) is 7.04 Å². The zero-order valence-corrected chi connectivity index (χ0v) is 11.8. The Kier molecular flexibility index (Phi) is 3.21. The van der Waals surface area contributed by atoms with Crippen LogP contribution < -0.4 is 16.0 Å². The highest BCUT2D eigenvalue weighted by atomic mass is 19.4. The van der Waals surface area contributed by atoms with Gasteiger partial charge in [0, 0.05) is 0 Å². The first-order valence-corrected chi connectivity index (χ1v) is 6.24. The summed E-state index contributed by atoms with van der Waals surface area (Å²) in [5.74, 6) is -1.28. The molecule has 1 amide bonds. The van der Waals surface area contributed by atoms with Crippen LogP contribution in [0.2, 0.25) is 0 Å². The van der Waals surface area contributed by atoms with Crippen molar-refractivity contribution in [2.45, 2.75) is 13.1 Å². The molecule has 0 unspecified atom stereocenters. The molecule has 0 saturated heterocycles. The van der Waals surface area contributed by atoms with Gasteiger partial charge in [-0.15, -0.1) is 0 Å². The van der Waals surface area contributed by atoms with Crippen LogP contribution in [-0.2, 0) is 6.18 Å². The van der Waals surface area contributed by atoms with E-state index in [1.54, 1.807) is 0 Å². The van der Waals surface area contributed by atoms with Crippen molar-refractivity contribution in [3.05, 3.63) is 57.5 Å².